The Hall–Kier alpha value is -1.41. The average Bonchev–Trinajstić information content (AvgIpc) is 2.91. The molecule has 1 aliphatic rings. The number of hydrogen-bond donors (Lipinski definition) is 1. The van der Waals surface area contributed by atoms with Crippen molar-refractivity contribution in [3.05, 3.63) is 40.1 Å². The van der Waals surface area contributed by atoms with Gasteiger partial charge in [0.25, 0.3) is 0 Å². The lowest BCUT2D eigenvalue weighted by Gasteiger charge is -2.15. The number of benzene rings is 1. The van der Waals surface area contributed by atoms with Gasteiger partial charge in [-0.1, -0.05) is 25.0 Å². The van der Waals surface area contributed by atoms with Crippen molar-refractivity contribution in [3.8, 4) is 0 Å². The van der Waals surface area contributed by atoms with Gasteiger partial charge >= 0.3 is 0 Å². The largest absolute Gasteiger partial charge is 0.313 e. The monoisotopic (exact) mass is 282 g/mol. The minimum absolute atomic E-state index is 0.990. The van der Waals surface area contributed by atoms with Crippen LogP contribution in [0, 0.1) is 13.8 Å². The number of fused-ring (bicyclic) bond motifs is 2. The second kappa shape index (κ2) is 6.15. The van der Waals surface area contributed by atoms with E-state index in [0.29, 0.717) is 0 Å². The molecule has 0 amide bonds. The topological polar surface area (TPSA) is 24.9 Å². The Bertz CT molecular complexity index is 658. The van der Waals surface area contributed by atoms with E-state index in [1.807, 2.05) is 0 Å². The molecule has 0 aliphatic heterocycles. The summed E-state index contributed by atoms with van der Waals surface area (Å²) in [5.41, 5.74) is 8.26. The molecule has 2 nitrogen and oxygen atoms in total. The van der Waals surface area contributed by atoms with E-state index >= 15 is 0 Å². The first-order valence-corrected chi connectivity index (χ1v) is 8.33. The number of rotatable bonds is 5. The highest BCUT2D eigenvalue weighted by atomic mass is 14.9. The molecule has 0 atom stereocenters. The standard InChI is InChI=1S/C19H26N2/c1-4-5-9-20-12-17-15-7-6-8-18(15)21-19-14(3)10-13(2)11-16(17)19/h10-11,20H,4-9,12H2,1-3H3. The molecule has 21 heavy (non-hydrogen) atoms. The highest BCUT2D eigenvalue weighted by molar-refractivity contribution is 5.87. The average molecular weight is 282 g/mol. The fourth-order valence-corrected chi connectivity index (χ4v) is 3.53. The third-order valence-electron chi connectivity index (χ3n) is 4.58. The van der Waals surface area contributed by atoms with Gasteiger partial charge in [0, 0.05) is 17.6 Å². The van der Waals surface area contributed by atoms with E-state index in [1.165, 1.54) is 64.5 Å². The number of aryl methyl sites for hydroxylation is 3. The lowest BCUT2D eigenvalue weighted by Crippen LogP contribution is -2.16. The van der Waals surface area contributed by atoms with Gasteiger partial charge in [0.2, 0.25) is 0 Å². The smallest absolute Gasteiger partial charge is 0.0738 e. The molecule has 0 spiro atoms. The molecule has 3 rings (SSSR count). The first-order valence-electron chi connectivity index (χ1n) is 8.33. The van der Waals surface area contributed by atoms with Crippen molar-refractivity contribution in [3.63, 3.8) is 0 Å². The summed E-state index contributed by atoms with van der Waals surface area (Å²) in [6.07, 6.45) is 6.12. The van der Waals surface area contributed by atoms with Crippen molar-refractivity contribution < 1.29 is 0 Å². The van der Waals surface area contributed by atoms with Gasteiger partial charge in [-0.15, -0.1) is 0 Å². The lowest BCUT2D eigenvalue weighted by atomic mass is 9.97. The van der Waals surface area contributed by atoms with Crippen molar-refractivity contribution >= 4 is 10.9 Å². The lowest BCUT2D eigenvalue weighted by molar-refractivity contribution is 0.640. The summed E-state index contributed by atoms with van der Waals surface area (Å²) in [4.78, 5) is 4.97. The van der Waals surface area contributed by atoms with E-state index in [1.54, 1.807) is 0 Å². The second-order valence-corrected chi connectivity index (χ2v) is 6.38. The Balaban J connectivity index is 2.06. The molecule has 1 aromatic heterocycles. The van der Waals surface area contributed by atoms with E-state index < -0.39 is 0 Å². The van der Waals surface area contributed by atoms with Crippen LogP contribution in [0.25, 0.3) is 10.9 Å². The molecule has 0 bridgehead atoms. The molecule has 1 heterocycles. The maximum Gasteiger partial charge on any atom is 0.0738 e. The number of nitrogens with zero attached hydrogens (tertiary/aromatic N) is 1. The zero-order valence-electron chi connectivity index (χ0n) is 13.6. The zero-order chi connectivity index (χ0) is 14.8. The maximum atomic E-state index is 4.97. The van der Waals surface area contributed by atoms with E-state index in [0.717, 1.165) is 19.5 Å². The molecular formula is C19H26N2. The first-order chi connectivity index (χ1) is 10.2. The van der Waals surface area contributed by atoms with Gasteiger partial charge in [-0.3, -0.25) is 4.98 Å². The second-order valence-electron chi connectivity index (χ2n) is 6.38. The molecule has 2 aromatic rings. The predicted molar refractivity (Wildman–Crippen MR) is 89.9 cm³/mol. The Morgan fingerprint density at radius 3 is 2.86 bits per heavy atom. The molecule has 1 aliphatic carbocycles. The number of aromatic nitrogens is 1. The predicted octanol–water partition coefficient (Wildman–Crippen LogP) is 4.23. The van der Waals surface area contributed by atoms with Crippen LogP contribution in [-0.2, 0) is 19.4 Å². The van der Waals surface area contributed by atoms with E-state index in [2.05, 4.69) is 38.2 Å². The van der Waals surface area contributed by atoms with Crippen LogP contribution in [0.1, 0.15) is 54.1 Å². The van der Waals surface area contributed by atoms with Crippen molar-refractivity contribution in [2.24, 2.45) is 0 Å². The van der Waals surface area contributed by atoms with E-state index in [4.69, 9.17) is 4.98 Å². The van der Waals surface area contributed by atoms with Crippen LogP contribution in [0.15, 0.2) is 12.1 Å². The van der Waals surface area contributed by atoms with Crippen molar-refractivity contribution in [2.45, 2.75) is 59.4 Å². The highest BCUT2D eigenvalue weighted by Crippen LogP contribution is 2.31. The summed E-state index contributed by atoms with van der Waals surface area (Å²) in [6.45, 7) is 8.73. The molecule has 0 unspecified atom stereocenters. The normalized spacial score (nSPS) is 13.9. The summed E-state index contributed by atoms with van der Waals surface area (Å²) >= 11 is 0. The van der Waals surface area contributed by atoms with Crippen molar-refractivity contribution in [1.82, 2.24) is 10.3 Å². The summed E-state index contributed by atoms with van der Waals surface area (Å²) < 4.78 is 0. The van der Waals surface area contributed by atoms with Crippen LogP contribution in [0.3, 0.4) is 0 Å². The molecule has 1 N–H and O–H groups in total. The molecule has 2 heteroatoms. The highest BCUT2D eigenvalue weighted by Gasteiger charge is 2.20. The van der Waals surface area contributed by atoms with E-state index in [9.17, 15) is 0 Å². The summed E-state index contributed by atoms with van der Waals surface area (Å²) in [5.74, 6) is 0. The molecule has 0 fully saturated rings. The Labute approximate surface area is 128 Å². The molecule has 1 aromatic carbocycles. The number of pyridine rings is 1. The van der Waals surface area contributed by atoms with Crippen LogP contribution in [-0.4, -0.2) is 11.5 Å². The molecule has 112 valence electrons. The zero-order valence-corrected chi connectivity index (χ0v) is 13.6. The SMILES string of the molecule is CCCCNCc1c2c(nc3c(C)cc(C)cc13)CCC2. The molecular weight excluding hydrogens is 256 g/mol. The number of nitrogens with one attached hydrogen (secondary N) is 1. The Morgan fingerprint density at radius 2 is 2.05 bits per heavy atom. The molecule has 0 saturated heterocycles. The summed E-state index contributed by atoms with van der Waals surface area (Å²) in [5, 5.41) is 5.01. The van der Waals surface area contributed by atoms with Crippen molar-refractivity contribution in [1.29, 1.82) is 0 Å². The van der Waals surface area contributed by atoms with Gasteiger partial charge < -0.3 is 5.32 Å². The van der Waals surface area contributed by atoms with Gasteiger partial charge in [0.1, 0.15) is 0 Å². The Kier molecular flexibility index (Phi) is 4.25. The van der Waals surface area contributed by atoms with Crippen molar-refractivity contribution in [2.75, 3.05) is 6.54 Å². The van der Waals surface area contributed by atoms with E-state index in [-0.39, 0.29) is 0 Å². The minimum Gasteiger partial charge on any atom is -0.313 e. The van der Waals surface area contributed by atoms with Crippen LogP contribution in [0.4, 0.5) is 0 Å². The van der Waals surface area contributed by atoms with Gasteiger partial charge in [-0.05, 0) is 68.8 Å². The van der Waals surface area contributed by atoms with Crippen LogP contribution >= 0.6 is 0 Å². The Morgan fingerprint density at radius 1 is 1.19 bits per heavy atom. The number of unbranched alkanes of at least 4 members (excludes halogenated alkanes) is 1. The molecule has 0 saturated carbocycles. The van der Waals surface area contributed by atoms with Gasteiger partial charge in [-0.2, -0.15) is 0 Å². The first kappa shape index (κ1) is 14.5. The number of hydrogen-bond acceptors (Lipinski definition) is 2. The third-order valence-corrected chi connectivity index (χ3v) is 4.58. The summed E-state index contributed by atoms with van der Waals surface area (Å²) in [6, 6.07) is 4.58. The maximum absolute atomic E-state index is 4.97. The fourth-order valence-electron chi connectivity index (χ4n) is 3.53. The minimum atomic E-state index is 0.990. The fraction of sp³-hybridized carbons (Fsp3) is 0.526. The third kappa shape index (κ3) is 2.82. The van der Waals surface area contributed by atoms with Gasteiger partial charge in [-0.25, -0.2) is 0 Å². The van der Waals surface area contributed by atoms with Gasteiger partial charge in [0.05, 0.1) is 5.52 Å². The van der Waals surface area contributed by atoms with Gasteiger partial charge in [0.15, 0.2) is 0 Å². The van der Waals surface area contributed by atoms with Crippen LogP contribution < -0.4 is 5.32 Å². The van der Waals surface area contributed by atoms with Crippen LogP contribution in [0.5, 0.6) is 0 Å². The molecule has 0 radical (unpaired) electrons. The van der Waals surface area contributed by atoms with Crippen LogP contribution in [0.2, 0.25) is 0 Å². The quantitative estimate of drug-likeness (QED) is 0.830. The summed E-state index contributed by atoms with van der Waals surface area (Å²) in [7, 11) is 0.